The van der Waals surface area contributed by atoms with Crippen LogP contribution in [0.4, 0.5) is 0 Å². The molecule has 2 aliphatic heterocycles. The van der Waals surface area contributed by atoms with Crippen LogP contribution in [0, 0.1) is 0 Å². The first-order valence-electron chi connectivity index (χ1n) is 11.8. The second-order valence-corrected chi connectivity index (χ2v) is 10.9. The molecular formula is C25H30N2O5S. The predicted molar refractivity (Wildman–Crippen MR) is 124 cm³/mol. The van der Waals surface area contributed by atoms with E-state index in [9.17, 15) is 13.2 Å². The van der Waals surface area contributed by atoms with Crippen molar-refractivity contribution < 1.29 is 22.7 Å². The Morgan fingerprint density at radius 2 is 1.48 bits per heavy atom. The van der Waals surface area contributed by atoms with Crippen LogP contribution >= 0.6 is 0 Å². The van der Waals surface area contributed by atoms with Gasteiger partial charge in [-0.2, -0.15) is 4.31 Å². The van der Waals surface area contributed by atoms with Gasteiger partial charge in [-0.15, -0.1) is 0 Å². The minimum atomic E-state index is -3.68. The highest BCUT2D eigenvalue weighted by molar-refractivity contribution is 7.89. The van der Waals surface area contributed by atoms with Crippen LogP contribution in [0.3, 0.4) is 0 Å². The number of carbonyl (C=O) groups is 1. The van der Waals surface area contributed by atoms with Gasteiger partial charge < -0.3 is 14.4 Å². The van der Waals surface area contributed by atoms with Crippen LogP contribution in [0.15, 0.2) is 53.4 Å². The van der Waals surface area contributed by atoms with Crippen LogP contribution in [-0.2, 0) is 20.2 Å². The molecule has 176 valence electrons. The van der Waals surface area contributed by atoms with Crippen molar-refractivity contribution in [3.05, 3.63) is 54.1 Å². The molecule has 0 N–H and O–H groups in total. The van der Waals surface area contributed by atoms with Gasteiger partial charge in [-0.3, -0.25) is 4.79 Å². The monoisotopic (exact) mass is 470 g/mol. The van der Waals surface area contributed by atoms with E-state index in [1.165, 1.54) is 4.31 Å². The van der Waals surface area contributed by atoms with E-state index in [1.54, 1.807) is 18.2 Å². The fourth-order valence-electron chi connectivity index (χ4n) is 5.25. The van der Waals surface area contributed by atoms with Crippen LogP contribution in [0.2, 0.25) is 0 Å². The van der Waals surface area contributed by atoms with Crippen molar-refractivity contribution in [3.63, 3.8) is 0 Å². The van der Waals surface area contributed by atoms with Crippen molar-refractivity contribution in [1.82, 2.24) is 9.21 Å². The van der Waals surface area contributed by atoms with Crippen molar-refractivity contribution in [3.8, 4) is 11.5 Å². The van der Waals surface area contributed by atoms with Gasteiger partial charge in [0.1, 0.15) is 0 Å². The number of benzene rings is 2. The molecule has 0 spiro atoms. The third-order valence-electron chi connectivity index (χ3n) is 7.08. The lowest BCUT2D eigenvalue weighted by molar-refractivity contribution is -0.138. The van der Waals surface area contributed by atoms with Gasteiger partial charge in [0.15, 0.2) is 11.5 Å². The van der Waals surface area contributed by atoms with E-state index < -0.39 is 15.4 Å². The molecule has 0 bridgehead atoms. The topological polar surface area (TPSA) is 76.2 Å². The Morgan fingerprint density at radius 1 is 0.818 bits per heavy atom. The molecule has 0 unspecified atom stereocenters. The van der Waals surface area contributed by atoms with Gasteiger partial charge in [-0.05, 0) is 30.5 Å². The van der Waals surface area contributed by atoms with Crippen LogP contribution in [0.1, 0.15) is 37.7 Å². The molecule has 7 nitrogen and oxygen atoms in total. The average molecular weight is 471 g/mol. The molecule has 0 atom stereocenters. The van der Waals surface area contributed by atoms with Gasteiger partial charge in [-0.1, -0.05) is 43.2 Å². The third-order valence-corrected chi connectivity index (χ3v) is 8.97. The Labute approximate surface area is 195 Å². The van der Waals surface area contributed by atoms with E-state index in [2.05, 4.69) is 0 Å². The molecule has 0 aromatic heterocycles. The fourth-order valence-corrected chi connectivity index (χ4v) is 6.69. The second kappa shape index (κ2) is 8.99. The summed E-state index contributed by atoms with van der Waals surface area (Å²) in [5, 5.41) is 0. The predicted octanol–water partition coefficient (Wildman–Crippen LogP) is 3.19. The SMILES string of the molecule is O=C(N1CCN(S(=O)(=O)c2ccc3c(c2)OCCCO3)CC1)C1(c2ccccc2)CCCC1. The minimum absolute atomic E-state index is 0.138. The van der Waals surface area contributed by atoms with Gasteiger partial charge in [0.25, 0.3) is 0 Å². The van der Waals surface area contributed by atoms with Crippen LogP contribution in [0.5, 0.6) is 11.5 Å². The number of amides is 1. The zero-order valence-electron chi connectivity index (χ0n) is 18.7. The number of piperazine rings is 1. The number of sulfonamides is 1. The largest absolute Gasteiger partial charge is 0.490 e. The first kappa shape index (κ1) is 22.2. The summed E-state index contributed by atoms with van der Waals surface area (Å²) in [5.74, 6) is 1.18. The van der Waals surface area contributed by atoms with Crippen molar-refractivity contribution in [2.75, 3.05) is 39.4 Å². The van der Waals surface area contributed by atoms with E-state index >= 15 is 0 Å². The summed E-state index contributed by atoms with van der Waals surface area (Å²) in [7, 11) is -3.68. The maximum absolute atomic E-state index is 13.7. The normalized spacial score (nSPS) is 20.9. The van der Waals surface area contributed by atoms with Crippen LogP contribution in [-0.4, -0.2) is 62.9 Å². The number of carbonyl (C=O) groups excluding carboxylic acids is 1. The summed E-state index contributed by atoms with van der Waals surface area (Å²) in [6.45, 7) is 2.43. The van der Waals surface area contributed by atoms with Gasteiger partial charge in [0, 0.05) is 38.7 Å². The third kappa shape index (κ3) is 4.10. The smallest absolute Gasteiger partial charge is 0.243 e. The first-order valence-corrected chi connectivity index (χ1v) is 13.2. The molecular weight excluding hydrogens is 440 g/mol. The average Bonchev–Trinajstić information content (AvgIpc) is 3.24. The highest BCUT2D eigenvalue weighted by Crippen LogP contribution is 2.43. The molecule has 8 heteroatoms. The number of hydrogen-bond acceptors (Lipinski definition) is 5. The molecule has 1 aliphatic carbocycles. The summed E-state index contributed by atoms with van der Waals surface area (Å²) in [5.41, 5.74) is 0.603. The zero-order valence-corrected chi connectivity index (χ0v) is 19.6. The van der Waals surface area contributed by atoms with Crippen molar-refractivity contribution in [1.29, 1.82) is 0 Å². The summed E-state index contributed by atoms with van der Waals surface area (Å²) in [4.78, 5) is 15.7. The summed E-state index contributed by atoms with van der Waals surface area (Å²) in [6.07, 6.45) is 4.55. The van der Waals surface area contributed by atoms with E-state index in [4.69, 9.17) is 9.47 Å². The Bertz CT molecular complexity index is 1100. The highest BCUT2D eigenvalue weighted by atomic mass is 32.2. The fraction of sp³-hybridized carbons (Fsp3) is 0.480. The lowest BCUT2D eigenvalue weighted by atomic mass is 9.77. The van der Waals surface area contributed by atoms with E-state index in [0.29, 0.717) is 37.8 Å². The van der Waals surface area contributed by atoms with Gasteiger partial charge in [0.2, 0.25) is 15.9 Å². The molecule has 0 radical (unpaired) electrons. The zero-order chi connectivity index (χ0) is 22.9. The summed E-state index contributed by atoms with van der Waals surface area (Å²) >= 11 is 0. The van der Waals surface area contributed by atoms with E-state index in [0.717, 1.165) is 37.7 Å². The molecule has 2 aromatic carbocycles. The first-order chi connectivity index (χ1) is 16.0. The molecule has 5 rings (SSSR count). The number of hydrogen-bond donors (Lipinski definition) is 0. The number of nitrogens with zero attached hydrogens (tertiary/aromatic N) is 2. The Kier molecular flexibility index (Phi) is 6.05. The number of fused-ring (bicyclic) bond motifs is 1. The maximum Gasteiger partial charge on any atom is 0.243 e. The van der Waals surface area contributed by atoms with Crippen molar-refractivity contribution in [2.45, 2.75) is 42.4 Å². The van der Waals surface area contributed by atoms with Crippen LogP contribution in [0.25, 0.3) is 0 Å². The van der Waals surface area contributed by atoms with Gasteiger partial charge >= 0.3 is 0 Å². The quantitative estimate of drug-likeness (QED) is 0.686. The number of ether oxygens (including phenoxy) is 2. The van der Waals surface area contributed by atoms with E-state index in [-0.39, 0.29) is 23.9 Å². The lowest BCUT2D eigenvalue weighted by Gasteiger charge is -2.39. The highest BCUT2D eigenvalue weighted by Gasteiger charge is 2.45. The molecule has 3 aliphatic rings. The van der Waals surface area contributed by atoms with Crippen molar-refractivity contribution in [2.24, 2.45) is 0 Å². The molecule has 2 aromatic rings. The molecule has 33 heavy (non-hydrogen) atoms. The minimum Gasteiger partial charge on any atom is -0.490 e. The Morgan fingerprint density at radius 3 is 2.18 bits per heavy atom. The number of rotatable bonds is 4. The molecule has 2 heterocycles. The van der Waals surface area contributed by atoms with E-state index in [1.807, 2.05) is 35.2 Å². The maximum atomic E-state index is 13.7. The van der Waals surface area contributed by atoms with Gasteiger partial charge in [0.05, 0.1) is 23.5 Å². The van der Waals surface area contributed by atoms with Crippen LogP contribution < -0.4 is 9.47 Å². The molecule has 1 amide bonds. The van der Waals surface area contributed by atoms with Gasteiger partial charge in [-0.25, -0.2) is 8.42 Å². The molecule has 2 fully saturated rings. The van der Waals surface area contributed by atoms with Crippen molar-refractivity contribution >= 4 is 15.9 Å². The lowest BCUT2D eigenvalue weighted by Crippen LogP contribution is -2.55. The summed E-state index contributed by atoms with van der Waals surface area (Å²) in [6, 6.07) is 14.8. The molecule has 1 saturated carbocycles. The Hall–Kier alpha value is -2.58. The molecule has 1 saturated heterocycles. The summed E-state index contributed by atoms with van der Waals surface area (Å²) < 4.78 is 39.4. The standard InChI is InChI=1S/C25H30N2O5S/c28-24(25(11-4-5-12-25)20-7-2-1-3-8-20)26-13-15-27(16-14-26)33(29,30)21-9-10-22-23(19-21)32-18-6-17-31-22/h1-3,7-10,19H,4-6,11-18H2. The second-order valence-electron chi connectivity index (χ2n) is 9.01. The Balaban J connectivity index is 1.31.